The van der Waals surface area contributed by atoms with Crippen molar-refractivity contribution in [2.45, 2.75) is 59.0 Å². The lowest BCUT2D eigenvalue weighted by atomic mass is 10.1. The summed E-state index contributed by atoms with van der Waals surface area (Å²) in [7, 11) is 0. The molecule has 2 atom stereocenters. The molecule has 0 aliphatic rings. The molecule has 0 aliphatic carbocycles. The number of nitrogens with zero attached hydrogens (tertiary/aromatic N) is 1. The Bertz CT molecular complexity index is 390. The predicted molar refractivity (Wildman–Crippen MR) is 88.8 cm³/mol. The number of nitrogens with two attached hydrogens (primary N) is 1. The highest BCUT2D eigenvalue weighted by molar-refractivity contribution is 9.10. The fourth-order valence-electron chi connectivity index (χ4n) is 2.17. The van der Waals surface area contributed by atoms with Gasteiger partial charge in [0.2, 0.25) is 0 Å². The van der Waals surface area contributed by atoms with Crippen molar-refractivity contribution in [3.63, 3.8) is 0 Å². The molecule has 0 amide bonds. The van der Waals surface area contributed by atoms with Crippen LogP contribution in [-0.4, -0.2) is 12.6 Å². The van der Waals surface area contributed by atoms with Crippen molar-refractivity contribution in [1.29, 1.82) is 0 Å². The van der Waals surface area contributed by atoms with Crippen molar-refractivity contribution >= 4 is 21.6 Å². The quantitative estimate of drug-likeness (QED) is 0.774. The van der Waals surface area contributed by atoms with Gasteiger partial charge in [-0.3, -0.25) is 0 Å². The molecule has 0 fully saturated rings. The SMILES string of the molecule is CCCCN(c1ccc(C(C)N)cc1Br)C(C)CC. The molecule has 0 saturated carbocycles. The Morgan fingerprint density at radius 3 is 2.42 bits per heavy atom. The maximum absolute atomic E-state index is 5.94. The van der Waals surface area contributed by atoms with Gasteiger partial charge in [0.1, 0.15) is 0 Å². The zero-order valence-corrected chi connectivity index (χ0v) is 14.2. The normalized spacial score (nSPS) is 14.2. The van der Waals surface area contributed by atoms with E-state index in [1.54, 1.807) is 0 Å². The van der Waals surface area contributed by atoms with Crippen LogP contribution in [0.1, 0.15) is 58.6 Å². The van der Waals surface area contributed by atoms with E-state index in [-0.39, 0.29) is 6.04 Å². The lowest BCUT2D eigenvalue weighted by molar-refractivity contribution is 0.594. The summed E-state index contributed by atoms with van der Waals surface area (Å²) >= 11 is 3.71. The van der Waals surface area contributed by atoms with Crippen molar-refractivity contribution in [3.8, 4) is 0 Å². The first kappa shape index (κ1) is 16.5. The van der Waals surface area contributed by atoms with Gasteiger partial charge in [0, 0.05) is 23.1 Å². The minimum Gasteiger partial charge on any atom is -0.368 e. The highest BCUT2D eigenvalue weighted by Gasteiger charge is 2.15. The van der Waals surface area contributed by atoms with Gasteiger partial charge in [-0.15, -0.1) is 0 Å². The van der Waals surface area contributed by atoms with Crippen LogP contribution in [-0.2, 0) is 0 Å². The largest absolute Gasteiger partial charge is 0.368 e. The molecule has 0 radical (unpaired) electrons. The lowest BCUT2D eigenvalue weighted by Gasteiger charge is -2.32. The summed E-state index contributed by atoms with van der Waals surface area (Å²) in [5, 5.41) is 0. The van der Waals surface area contributed by atoms with Gasteiger partial charge in [0.05, 0.1) is 5.69 Å². The van der Waals surface area contributed by atoms with Gasteiger partial charge in [-0.1, -0.05) is 26.3 Å². The summed E-state index contributed by atoms with van der Waals surface area (Å²) in [5.41, 5.74) is 8.40. The number of rotatable bonds is 7. The van der Waals surface area contributed by atoms with Gasteiger partial charge < -0.3 is 10.6 Å². The van der Waals surface area contributed by atoms with E-state index >= 15 is 0 Å². The summed E-state index contributed by atoms with van der Waals surface area (Å²) in [6.07, 6.45) is 3.61. The minimum atomic E-state index is 0.0815. The molecule has 0 spiro atoms. The molecule has 0 heterocycles. The first-order valence-electron chi connectivity index (χ1n) is 7.32. The van der Waals surface area contributed by atoms with Crippen LogP contribution in [0.25, 0.3) is 0 Å². The summed E-state index contributed by atoms with van der Waals surface area (Å²) in [5.74, 6) is 0. The van der Waals surface area contributed by atoms with Crippen molar-refractivity contribution in [1.82, 2.24) is 0 Å². The summed E-state index contributed by atoms with van der Waals surface area (Å²) in [6.45, 7) is 9.91. The maximum atomic E-state index is 5.94. The Balaban J connectivity index is 3.01. The van der Waals surface area contributed by atoms with E-state index in [4.69, 9.17) is 5.73 Å². The summed E-state index contributed by atoms with van der Waals surface area (Å²) in [6, 6.07) is 7.14. The predicted octanol–water partition coefficient (Wildman–Crippen LogP) is 4.87. The standard InChI is InChI=1S/C16H27BrN2/c1-5-7-10-19(12(3)6-2)16-9-8-14(13(4)18)11-15(16)17/h8-9,11-13H,5-7,10,18H2,1-4H3. The minimum absolute atomic E-state index is 0.0815. The number of hydrogen-bond acceptors (Lipinski definition) is 2. The van der Waals surface area contributed by atoms with Crippen LogP contribution in [0.2, 0.25) is 0 Å². The second kappa shape index (κ2) is 7.91. The van der Waals surface area contributed by atoms with E-state index in [1.165, 1.54) is 24.1 Å². The molecule has 1 aromatic carbocycles. The summed E-state index contributed by atoms with van der Waals surface area (Å²) in [4.78, 5) is 2.50. The smallest absolute Gasteiger partial charge is 0.0513 e. The van der Waals surface area contributed by atoms with E-state index in [9.17, 15) is 0 Å². The molecule has 2 N–H and O–H groups in total. The second-order valence-electron chi connectivity index (χ2n) is 5.30. The molecule has 0 bridgehead atoms. The Kier molecular flexibility index (Phi) is 6.87. The van der Waals surface area contributed by atoms with Crippen LogP contribution in [0.3, 0.4) is 0 Å². The van der Waals surface area contributed by atoms with Crippen LogP contribution in [0.4, 0.5) is 5.69 Å². The van der Waals surface area contributed by atoms with Gasteiger partial charge in [-0.25, -0.2) is 0 Å². The Morgan fingerprint density at radius 1 is 1.26 bits per heavy atom. The Hall–Kier alpha value is -0.540. The average molecular weight is 327 g/mol. The number of unbranched alkanes of at least 4 members (excludes halogenated alkanes) is 1. The number of anilines is 1. The van der Waals surface area contributed by atoms with Crippen LogP contribution in [0, 0.1) is 0 Å². The monoisotopic (exact) mass is 326 g/mol. The zero-order chi connectivity index (χ0) is 14.4. The van der Waals surface area contributed by atoms with Crippen molar-refractivity contribution in [3.05, 3.63) is 28.2 Å². The molecule has 19 heavy (non-hydrogen) atoms. The summed E-state index contributed by atoms with van der Waals surface area (Å²) < 4.78 is 1.15. The molecular weight excluding hydrogens is 300 g/mol. The molecule has 0 saturated heterocycles. The number of halogens is 1. The van der Waals surface area contributed by atoms with Gasteiger partial charge in [0.15, 0.2) is 0 Å². The molecular formula is C16H27BrN2. The molecule has 2 unspecified atom stereocenters. The van der Waals surface area contributed by atoms with Crippen LogP contribution >= 0.6 is 15.9 Å². The maximum Gasteiger partial charge on any atom is 0.0513 e. The van der Waals surface area contributed by atoms with Gasteiger partial charge in [0.25, 0.3) is 0 Å². The van der Waals surface area contributed by atoms with E-state index in [2.05, 4.69) is 59.8 Å². The van der Waals surface area contributed by atoms with E-state index in [0.717, 1.165) is 17.4 Å². The molecule has 3 heteroatoms. The Labute approximate surface area is 126 Å². The van der Waals surface area contributed by atoms with Gasteiger partial charge in [-0.05, 0) is 60.3 Å². The number of hydrogen-bond donors (Lipinski definition) is 1. The topological polar surface area (TPSA) is 29.3 Å². The third-order valence-electron chi connectivity index (χ3n) is 3.68. The molecule has 1 rings (SSSR count). The molecule has 1 aromatic rings. The van der Waals surface area contributed by atoms with E-state index in [1.807, 2.05) is 6.92 Å². The van der Waals surface area contributed by atoms with E-state index < -0.39 is 0 Å². The number of benzene rings is 1. The lowest BCUT2D eigenvalue weighted by Crippen LogP contribution is -2.33. The Morgan fingerprint density at radius 2 is 1.95 bits per heavy atom. The second-order valence-corrected chi connectivity index (χ2v) is 6.16. The first-order chi connectivity index (χ1) is 9.01. The van der Waals surface area contributed by atoms with Crippen LogP contribution in [0.15, 0.2) is 22.7 Å². The van der Waals surface area contributed by atoms with Crippen molar-refractivity contribution < 1.29 is 0 Å². The third-order valence-corrected chi connectivity index (χ3v) is 4.32. The van der Waals surface area contributed by atoms with Crippen LogP contribution < -0.4 is 10.6 Å². The van der Waals surface area contributed by atoms with Gasteiger partial charge >= 0.3 is 0 Å². The zero-order valence-electron chi connectivity index (χ0n) is 12.6. The van der Waals surface area contributed by atoms with E-state index in [0.29, 0.717) is 6.04 Å². The molecule has 2 nitrogen and oxygen atoms in total. The fraction of sp³-hybridized carbons (Fsp3) is 0.625. The highest BCUT2D eigenvalue weighted by atomic mass is 79.9. The van der Waals surface area contributed by atoms with Crippen molar-refractivity contribution in [2.75, 3.05) is 11.4 Å². The first-order valence-corrected chi connectivity index (χ1v) is 8.12. The average Bonchev–Trinajstić information content (AvgIpc) is 2.39. The van der Waals surface area contributed by atoms with Crippen LogP contribution in [0.5, 0.6) is 0 Å². The molecule has 0 aliphatic heterocycles. The van der Waals surface area contributed by atoms with Gasteiger partial charge in [-0.2, -0.15) is 0 Å². The highest BCUT2D eigenvalue weighted by Crippen LogP contribution is 2.31. The third kappa shape index (κ3) is 4.50. The van der Waals surface area contributed by atoms with Crippen molar-refractivity contribution in [2.24, 2.45) is 5.73 Å². The fourth-order valence-corrected chi connectivity index (χ4v) is 2.79. The molecule has 0 aromatic heterocycles. The molecule has 108 valence electrons.